The number of nitrogens with one attached hydrogen (secondary N) is 1. The van der Waals surface area contributed by atoms with E-state index in [0.29, 0.717) is 5.69 Å². The predicted molar refractivity (Wildman–Crippen MR) is 83.6 cm³/mol. The van der Waals surface area contributed by atoms with Gasteiger partial charge in [-0.2, -0.15) is 0 Å². The summed E-state index contributed by atoms with van der Waals surface area (Å²) >= 11 is 5.91. The molecule has 1 amide bonds. The third kappa shape index (κ3) is 3.71. The molecule has 0 radical (unpaired) electrons. The molecule has 0 saturated heterocycles. The van der Waals surface area contributed by atoms with Crippen LogP contribution in [0.15, 0.2) is 36.4 Å². The van der Waals surface area contributed by atoms with Crippen molar-refractivity contribution >= 4 is 40.3 Å². The number of nitrogens with zero attached hydrogens (tertiary/aromatic N) is 2. The van der Waals surface area contributed by atoms with E-state index in [1.54, 1.807) is 0 Å². The van der Waals surface area contributed by atoms with Crippen LogP contribution in [0.5, 0.6) is 0 Å². The number of carbonyl (C=O) groups excluding carboxylic acids is 1. The number of carbonyl (C=O) groups is 1. The Morgan fingerprint density at radius 1 is 1.04 bits per heavy atom. The van der Waals surface area contributed by atoms with Gasteiger partial charge in [0.2, 0.25) is 0 Å². The molecule has 2 rings (SSSR count). The van der Waals surface area contributed by atoms with Gasteiger partial charge in [0.05, 0.1) is 32.2 Å². The van der Waals surface area contributed by atoms with Gasteiger partial charge < -0.3 is 11.1 Å². The van der Waals surface area contributed by atoms with Crippen molar-refractivity contribution in [1.82, 2.24) is 0 Å². The zero-order valence-electron chi connectivity index (χ0n) is 11.4. The second-order valence-corrected chi connectivity index (χ2v) is 4.85. The highest BCUT2D eigenvalue weighted by atomic mass is 35.5. The van der Waals surface area contributed by atoms with Crippen LogP contribution in [-0.4, -0.2) is 15.8 Å². The van der Waals surface area contributed by atoms with Gasteiger partial charge in [-0.05, 0) is 18.2 Å². The van der Waals surface area contributed by atoms with E-state index in [9.17, 15) is 25.0 Å². The van der Waals surface area contributed by atoms with E-state index in [4.69, 9.17) is 17.3 Å². The monoisotopic (exact) mass is 336 g/mol. The number of rotatable bonds is 4. The van der Waals surface area contributed by atoms with Gasteiger partial charge in [-0.3, -0.25) is 25.0 Å². The molecule has 23 heavy (non-hydrogen) atoms. The van der Waals surface area contributed by atoms with Crippen molar-refractivity contribution in [3.8, 4) is 0 Å². The molecule has 0 spiro atoms. The smallest absolute Gasteiger partial charge is 0.277 e. The summed E-state index contributed by atoms with van der Waals surface area (Å²) in [5, 5.41) is 24.2. The molecule has 10 heteroatoms. The van der Waals surface area contributed by atoms with Crippen LogP contribution in [-0.2, 0) is 0 Å². The van der Waals surface area contributed by atoms with E-state index in [0.717, 1.165) is 18.2 Å². The Bertz CT molecular complexity index is 792. The van der Waals surface area contributed by atoms with Gasteiger partial charge in [0.1, 0.15) is 0 Å². The fraction of sp³-hybridized carbons (Fsp3) is 0. The van der Waals surface area contributed by atoms with Crippen molar-refractivity contribution in [3.05, 3.63) is 67.2 Å². The Labute approximate surface area is 134 Å². The molecule has 2 aromatic carbocycles. The Balaban J connectivity index is 2.38. The fourth-order valence-electron chi connectivity index (χ4n) is 1.76. The van der Waals surface area contributed by atoms with Crippen LogP contribution in [0.3, 0.4) is 0 Å². The summed E-state index contributed by atoms with van der Waals surface area (Å²) in [4.78, 5) is 32.1. The lowest BCUT2D eigenvalue weighted by molar-refractivity contribution is -0.394. The summed E-state index contributed by atoms with van der Waals surface area (Å²) in [6.07, 6.45) is 0. The molecule has 0 unspecified atom stereocenters. The first-order valence-electron chi connectivity index (χ1n) is 6.08. The summed E-state index contributed by atoms with van der Waals surface area (Å²) in [6.45, 7) is 0. The molecule has 0 aliphatic carbocycles. The minimum absolute atomic E-state index is 0.165. The standard InChI is InChI=1S/C13H9ClN4O5/c14-11-5-8(15)1-2-12(11)16-13(19)7-3-9(17(20)21)6-10(4-7)18(22)23/h1-6H,15H2,(H,16,19). The number of halogens is 1. The maximum Gasteiger partial charge on any atom is 0.277 e. The van der Waals surface area contributed by atoms with Gasteiger partial charge in [0, 0.05) is 17.8 Å². The molecule has 0 aliphatic rings. The number of nitrogens with two attached hydrogens (primary N) is 1. The van der Waals surface area contributed by atoms with Crippen molar-refractivity contribution in [2.24, 2.45) is 0 Å². The molecule has 9 nitrogen and oxygen atoms in total. The summed E-state index contributed by atoms with van der Waals surface area (Å²) in [5.41, 5.74) is 4.78. The minimum Gasteiger partial charge on any atom is -0.399 e. The zero-order valence-corrected chi connectivity index (χ0v) is 12.1. The quantitative estimate of drug-likeness (QED) is 0.499. The summed E-state index contributed by atoms with van der Waals surface area (Å²) in [6, 6.07) is 7.00. The lowest BCUT2D eigenvalue weighted by atomic mass is 10.1. The first-order valence-corrected chi connectivity index (χ1v) is 6.46. The number of anilines is 2. The van der Waals surface area contributed by atoms with Crippen LogP contribution in [0.4, 0.5) is 22.7 Å². The maximum absolute atomic E-state index is 12.2. The van der Waals surface area contributed by atoms with E-state index < -0.39 is 27.1 Å². The molecule has 0 aliphatic heterocycles. The van der Waals surface area contributed by atoms with Gasteiger partial charge in [0.25, 0.3) is 17.3 Å². The van der Waals surface area contributed by atoms with Crippen molar-refractivity contribution in [2.45, 2.75) is 0 Å². The topological polar surface area (TPSA) is 141 Å². The van der Waals surface area contributed by atoms with Gasteiger partial charge in [-0.1, -0.05) is 11.6 Å². The zero-order chi connectivity index (χ0) is 17.1. The van der Waals surface area contributed by atoms with E-state index in [1.807, 2.05) is 0 Å². The highest BCUT2D eigenvalue weighted by molar-refractivity contribution is 6.34. The van der Waals surface area contributed by atoms with E-state index >= 15 is 0 Å². The lowest BCUT2D eigenvalue weighted by Gasteiger charge is -2.08. The van der Waals surface area contributed by atoms with Crippen LogP contribution in [0.1, 0.15) is 10.4 Å². The van der Waals surface area contributed by atoms with Gasteiger partial charge in [0.15, 0.2) is 0 Å². The van der Waals surface area contributed by atoms with E-state index in [1.165, 1.54) is 18.2 Å². The summed E-state index contributed by atoms with van der Waals surface area (Å²) in [7, 11) is 0. The molecule has 0 heterocycles. The summed E-state index contributed by atoms with van der Waals surface area (Å²) in [5.74, 6) is -0.775. The average molecular weight is 337 g/mol. The normalized spacial score (nSPS) is 10.1. The first-order chi connectivity index (χ1) is 10.8. The molecule has 118 valence electrons. The average Bonchev–Trinajstić information content (AvgIpc) is 2.49. The molecular weight excluding hydrogens is 328 g/mol. The Morgan fingerprint density at radius 3 is 2.09 bits per heavy atom. The number of hydrogen-bond donors (Lipinski definition) is 2. The van der Waals surface area contributed by atoms with Gasteiger partial charge in [-0.25, -0.2) is 0 Å². The third-order valence-corrected chi connectivity index (χ3v) is 3.14. The highest BCUT2D eigenvalue weighted by Crippen LogP contribution is 2.26. The molecule has 3 N–H and O–H groups in total. The van der Waals surface area contributed by atoms with Crippen molar-refractivity contribution in [1.29, 1.82) is 0 Å². The van der Waals surface area contributed by atoms with Crippen molar-refractivity contribution < 1.29 is 14.6 Å². The number of nitro groups is 2. The number of amides is 1. The molecule has 0 fully saturated rings. The van der Waals surface area contributed by atoms with Gasteiger partial charge in [-0.15, -0.1) is 0 Å². The minimum atomic E-state index is -0.819. The second-order valence-electron chi connectivity index (χ2n) is 4.45. The van der Waals surface area contributed by atoms with Crippen molar-refractivity contribution in [3.63, 3.8) is 0 Å². The summed E-state index contributed by atoms with van der Waals surface area (Å²) < 4.78 is 0. The molecule has 0 atom stereocenters. The van der Waals surface area contributed by atoms with Gasteiger partial charge >= 0.3 is 0 Å². The number of nitrogen functional groups attached to an aromatic ring is 1. The molecule has 0 bridgehead atoms. The predicted octanol–water partition coefficient (Wildman–Crippen LogP) is 2.99. The van der Waals surface area contributed by atoms with Crippen LogP contribution in [0, 0.1) is 20.2 Å². The number of non-ortho nitro benzene ring substituents is 2. The first kappa shape index (κ1) is 16.2. The van der Waals surface area contributed by atoms with E-state index in [-0.39, 0.29) is 16.3 Å². The SMILES string of the molecule is Nc1ccc(NC(=O)c2cc([N+](=O)[O-])cc([N+](=O)[O-])c2)c(Cl)c1. The Kier molecular flexibility index (Phi) is 4.42. The second kappa shape index (κ2) is 6.28. The van der Waals surface area contributed by atoms with Crippen LogP contribution in [0.25, 0.3) is 0 Å². The van der Waals surface area contributed by atoms with Crippen LogP contribution < -0.4 is 11.1 Å². The maximum atomic E-state index is 12.2. The number of benzene rings is 2. The van der Waals surface area contributed by atoms with Crippen molar-refractivity contribution in [2.75, 3.05) is 11.1 Å². The molecule has 2 aromatic rings. The highest BCUT2D eigenvalue weighted by Gasteiger charge is 2.20. The largest absolute Gasteiger partial charge is 0.399 e. The third-order valence-electron chi connectivity index (χ3n) is 2.83. The number of nitro benzene ring substituents is 2. The van der Waals surface area contributed by atoms with E-state index in [2.05, 4.69) is 5.32 Å². The Morgan fingerprint density at radius 2 is 1.61 bits per heavy atom. The molecular formula is C13H9ClN4O5. The Hall–Kier alpha value is -3.20. The number of hydrogen-bond acceptors (Lipinski definition) is 6. The lowest BCUT2D eigenvalue weighted by Crippen LogP contribution is -2.13. The molecule has 0 aromatic heterocycles. The molecule has 0 saturated carbocycles. The van der Waals surface area contributed by atoms with Crippen LogP contribution >= 0.6 is 11.6 Å². The fourth-order valence-corrected chi connectivity index (χ4v) is 2.00. The van der Waals surface area contributed by atoms with Crippen LogP contribution in [0.2, 0.25) is 5.02 Å².